The van der Waals surface area contributed by atoms with Crippen molar-refractivity contribution < 1.29 is 27.6 Å². The fourth-order valence-corrected chi connectivity index (χ4v) is 2.96. The molecule has 1 aromatic rings. The number of rotatable bonds is 5. The minimum absolute atomic E-state index is 0.102. The molecule has 1 aliphatic heterocycles. The Morgan fingerprint density at radius 1 is 1.18 bits per heavy atom. The first-order chi connectivity index (χ1) is 13.2. The van der Waals surface area contributed by atoms with Crippen molar-refractivity contribution in [2.45, 2.75) is 45.2 Å². The highest BCUT2D eigenvalue weighted by Gasteiger charge is 2.27. The van der Waals surface area contributed by atoms with Crippen molar-refractivity contribution >= 4 is 23.5 Å². The molecular formula is C18H23F3N4O3. The molecule has 1 saturated heterocycles. The molecule has 0 spiro atoms. The molecule has 1 aliphatic rings. The standard InChI is InChI=1S/C18H23F3N4O3/c1-10-5-3-4-8-25(10)17(27)11(2)23-18(28)22-9-14(26)24-13-7-6-12(19)15(20)16(13)21/h6-7,10-11H,3-5,8-9H2,1-2H3,(H,24,26)(H2,22,23,28). The fourth-order valence-electron chi connectivity index (χ4n) is 2.96. The molecule has 4 amide bonds. The molecule has 154 valence electrons. The minimum atomic E-state index is -1.71. The highest BCUT2D eigenvalue weighted by atomic mass is 19.2. The summed E-state index contributed by atoms with van der Waals surface area (Å²) in [5.41, 5.74) is -0.547. The third kappa shape index (κ3) is 5.37. The van der Waals surface area contributed by atoms with E-state index in [2.05, 4.69) is 10.6 Å². The van der Waals surface area contributed by atoms with Crippen LogP contribution in [0.3, 0.4) is 0 Å². The smallest absolute Gasteiger partial charge is 0.315 e. The molecule has 28 heavy (non-hydrogen) atoms. The molecule has 7 nitrogen and oxygen atoms in total. The zero-order chi connectivity index (χ0) is 20.8. The van der Waals surface area contributed by atoms with Gasteiger partial charge < -0.3 is 20.9 Å². The normalized spacial score (nSPS) is 17.6. The molecule has 0 saturated carbocycles. The van der Waals surface area contributed by atoms with Crippen LogP contribution in [0.25, 0.3) is 0 Å². The predicted molar refractivity (Wildman–Crippen MR) is 96.0 cm³/mol. The number of piperidine rings is 1. The number of anilines is 1. The van der Waals surface area contributed by atoms with Gasteiger partial charge in [-0.1, -0.05) is 0 Å². The number of benzene rings is 1. The summed E-state index contributed by atoms with van der Waals surface area (Å²) in [7, 11) is 0. The molecule has 0 aliphatic carbocycles. The van der Waals surface area contributed by atoms with Gasteiger partial charge in [-0.05, 0) is 45.2 Å². The van der Waals surface area contributed by atoms with E-state index >= 15 is 0 Å². The van der Waals surface area contributed by atoms with Crippen LogP contribution in [-0.2, 0) is 9.59 Å². The number of carbonyl (C=O) groups excluding carboxylic acids is 3. The molecule has 2 rings (SSSR count). The number of hydrogen-bond acceptors (Lipinski definition) is 3. The van der Waals surface area contributed by atoms with Gasteiger partial charge in [-0.3, -0.25) is 9.59 Å². The van der Waals surface area contributed by atoms with E-state index in [-0.39, 0.29) is 11.9 Å². The summed E-state index contributed by atoms with van der Waals surface area (Å²) in [4.78, 5) is 37.8. The van der Waals surface area contributed by atoms with Crippen LogP contribution in [0.5, 0.6) is 0 Å². The molecule has 2 unspecified atom stereocenters. The summed E-state index contributed by atoms with van der Waals surface area (Å²) in [5.74, 6) is -5.68. The van der Waals surface area contributed by atoms with Crippen molar-refractivity contribution in [3.8, 4) is 0 Å². The fraction of sp³-hybridized carbons (Fsp3) is 0.500. The first-order valence-corrected chi connectivity index (χ1v) is 8.99. The molecule has 10 heteroatoms. The lowest BCUT2D eigenvalue weighted by Gasteiger charge is -2.35. The number of hydrogen-bond donors (Lipinski definition) is 3. The molecule has 1 fully saturated rings. The van der Waals surface area contributed by atoms with Gasteiger partial charge in [0.2, 0.25) is 11.8 Å². The summed E-state index contributed by atoms with van der Waals surface area (Å²) in [6.45, 7) is 3.58. The van der Waals surface area contributed by atoms with E-state index in [1.807, 2.05) is 12.2 Å². The molecule has 0 aromatic heterocycles. The number of halogens is 3. The molecule has 2 atom stereocenters. The third-order valence-corrected chi connectivity index (χ3v) is 4.52. The first kappa shape index (κ1) is 21.5. The van der Waals surface area contributed by atoms with Gasteiger partial charge >= 0.3 is 6.03 Å². The Labute approximate surface area is 160 Å². The van der Waals surface area contributed by atoms with Crippen molar-refractivity contribution in [2.75, 3.05) is 18.4 Å². The van der Waals surface area contributed by atoms with E-state index in [0.717, 1.165) is 25.3 Å². The second-order valence-electron chi connectivity index (χ2n) is 6.70. The van der Waals surface area contributed by atoms with Crippen molar-refractivity contribution in [1.29, 1.82) is 0 Å². The van der Waals surface area contributed by atoms with E-state index in [0.29, 0.717) is 12.6 Å². The van der Waals surface area contributed by atoms with Gasteiger partial charge in [0.15, 0.2) is 17.5 Å². The Bertz CT molecular complexity index is 760. The van der Waals surface area contributed by atoms with Gasteiger partial charge in [0.05, 0.1) is 12.2 Å². The lowest BCUT2D eigenvalue weighted by Crippen LogP contribution is -2.53. The largest absolute Gasteiger partial charge is 0.338 e. The highest BCUT2D eigenvalue weighted by molar-refractivity contribution is 5.95. The summed E-state index contributed by atoms with van der Waals surface area (Å²) >= 11 is 0. The monoisotopic (exact) mass is 400 g/mol. The molecule has 1 heterocycles. The highest BCUT2D eigenvalue weighted by Crippen LogP contribution is 2.19. The molecule has 0 bridgehead atoms. The number of nitrogens with zero attached hydrogens (tertiary/aromatic N) is 1. The maximum atomic E-state index is 13.5. The average Bonchev–Trinajstić information content (AvgIpc) is 2.66. The van der Waals surface area contributed by atoms with Gasteiger partial charge in [-0.2, -0.15) is 0 Å². The quantitative estimate of drug-likeness (QED) is 0.662. The SMILES string of the molecule is CC(NC(=O)NCC(=O)Nc1ccc(F)c(F)c1F)C(=O)N1CCCCC1C. The molecule has 3 N–H and O–H groups in total. The van der Waals surface area contributed by atoms with Crippen LogP contribution in [0.4, 0.5) is 23.7 Å². The molecule has 1 aromatic carbocycles. The zero-order valence-electron chi connectivity index (χ0n) is 15.7. The Hall–Kier alpha value is -2.78. The van der Waals surface area contributed by atoms with Crippen LogP contribution in [0.15, 0.2) is 12.1 Å². The van der Waals surface area contributed by atoms with Gasteiger partial charge in [0, 0.05) is 12.6 Å². The van der Waals surface area contributed by atoms with Crippen LogP contribution in [0, 0.1) is 17.5 Å². The van der Waals surface area contributed by atoms with E-state index in [1.54, 1.807) is 11.8 Å². The van der Waals surface area contributed by atoms with Crippen LogP contribution < -0.4 is 16.0 Å². The van der Waals surface area contributed by atoms with Crippen LogP contribution >= 0.6 is 0 Å². The second kappa shape index (κ2) is 9.43. The van der Waals surface area contributed by atoms with Crippen molar-refractivity contribution in [3.05, 3.63) is 29.6 Å². The predicted octanol–water partition coefficient (Wildman–Crippen LogP) is 2.13. The van der Waals surface area contributed by atoms with E-state index in [1.165, 1.54) is 0 Å². The summed E-state index contributed by atoms with van der Waals surface area (Å²) in [5, 5.41) is 6.69. The van der Waals surface area contributed by atoms with Crippen molar-refractivity contribution in [3.63, 3.8) is 0 Å². The lowest BCUT2D eigenvalue weighted by molar-refractivity contribution is -0.136. The molecular weight excluding hydrogens is 377 g/mol. The van der Waals surface area contributed by atoms with Gasteiger partial charge in [-0.25, -0.2) is 18.0 Å². The van der Waals surface area contributed by atoms with Crippen molar-refractivity contribution in [2.24, 2.45) is 0 Å². The number of nitrogens with one attached hydrogen (secondary N) is 3. The number of likely N-dealkylation sites (tertiary alicyclic amines) is 1. The van der Waals surface area contributed by atoms with Crippen molar-refractivity contribution in [1.82, 2.24) is 15.5 Å². The van der Waals surface area contributed by atoms with Crippen LogP contribution in [0.1, 0.15) is 33.1 Å². The average molecular weight is 400 g/mol. The Balaban J connectivity index is 1.80. The Morgan fingerprint density at radius 2 is 1.89 bits per heavy atom. The Kier molecular flexibility index (Phi) is 7.24. The third-order valence-electron chi connectivity index (χ3n) is 4.52. The van der Waals surface area contributed by atoms with Gasteiger partial charge in [-0.15, -0.1) is 0 Å². The summed E-state index contributed by atoms with van der Waals surface area (Å²) < 4.78 is 39.5. The summed E-state index contributed by atoms with van der Waals surface area (Å²) in [6.07, 6.45) is 2.88. The zero-order valence-corrected chi connectivity index (χ0v) is 15.7. The van der Waals surface area contributed by atoms with Gasteiger partial charge in [0.25, 0.3) is 0 Å². The second-order valence-corrected chi connectivity index (χ2v) is 6.70. The maximum absolute atomic E-state index is 13.5. The van der Waals surface area contributed by atoms with E-state index < -0.39 is 47.7 Å². The lowest BCUT2D eigenvalue weighted by atomic mass is 10.0. The number of urea groups is 1. The molecule has 0 radical (unpaired) electrons. The van der Waals surface area contributed by atoms with Gasteiger partial charge in [0.1, 0.15) is 6.04 Å². The van der Waals surface area contributed by atoms with Crippen LogP contribution in [0.2, 0.25) is 0 Å². The topological polar surface area (TPSA) is 90.5 Å². The van der Waals surface area contributed by atoms with E-state index in [4.69, 9.17) is 0 Å². The Morgan fingerprint density at radius 3 is 2.57 bits per heavy atom. The number of carbonyl (C=O) groups is 3. The summed E-state index contributed by atoms with van der Waals surface area (Å²) in [6, 6.07) is 0.0963. The first-order valence-electron chi connectivity index (χ1n) is 8.99. The van der Waals surface area contributed by atoms with Crippen LogP contribution in [-0.4, -0.2) is 47.9 Å². The maximum Gasteiger partial charge on any atom is 0.315 e. The minimum Gasteiger partial charge on any atom is -0.338 e. The number of amides is 4. The van der Waals surface area contributed by atoms with E-state index in [9.17, 15) is 27.6 Å².